The maximum Gasteiger partial charge on any atom is 0.407 e. The zero-order chi connectivity index (χ0) is 19.2. The Balaban J connectivity index is 1.75. The number of thiazole rings is 1. The van der Waals surface area contributed by atoms with E-state index in [1.165, 1.54) is 11.3 Å². The molecule has 2 amide bonds. The number of amides is 2. The van der Waals surface area contributed by atoms with Crippen LogP contribution in [0.4, 0.5) is 9.93 Å². The van der Waals surface area contributed by atoms with Crippen LogP contribution in [0.5, 0.6) is 0 Å². The summed E-state index contributed by atoms with van der Waals surface area (Å²) in [5, 5.41) is 8.69. The lowest BCUT2D eigenvalue weighted by molar-refractivity contribution is -0.118. The number of benzene rings is 1. The average molecular weight is 386 g/mol. The Labute approximate surface area is 161 Å². The van der Waals surface area contributed by atoms with Crippen molar-refractivity contribution in [1.29, 1.82) is 0 Å². The first-order chi connectivity index (χ1) is 13.0. The predicted molar refractivity (Wildman–Crippen MR) is 106 cm³/mol. The molecule has 1 aromatic carbocycles. The van der Waals surface area contributed by atoms with Crippen LogP contribution in [0.2, 0.25) is 0 Å². The second-order valence-corrected chi connectivity index (χ2v) is 7.47. The number of aromatic nitrogens is 2. The third kappa shape index (κ3) is 5.07. The highest BCUT2D eigenvalue weighted by atomic mass is 32.1. The lowest BCUT2D eigenvalue weighted by atomic mass is 10.0. The molecule has 0 unspecified atom stereocenters. The maximum atomic E-state index is 12.7. The van der Waals surface area contributed by atoms with Crippen LogP contribution in [0.25, 0.3) is 10.9 Å². The number of hydrogen-bond acceptors (Lipinski definition) is 5. The summed E-state index contributed by atoms with van der Waals surface area (Å²) >= 11 is 1.32. The van der Waals surface area contributed by atoms with Crippen LogP contribution in [-0.4, -0.2) is 34.6 Å². The smallest absolute Gasteiger partial charge is 0.407 e. The van der Waals surface area contributed by atoms with Gasteiger partial charge in [-0.2, -0.15) is 0 Å². The van der Waals surface area contributed by atoms with Gasteiger partial charge >= 0.3 is 6.09 Å². The Bertz CT molecular complexity index is 905. The summed E-state index contributed by atoms with van der Waals surface area (Å²) in [5.74, 6) is -0.122. The molecule has 3 N–H and O–H groups in total. The molecule has 2 heterocycles. The van der Waals surface area contributed by atoms with Gasteiger partial charge in [0, 0.05) is 35.1 Å². The van der Waals surface area contributed by atoms with Gasteiger partial charge in [0.05, 0.1) is 6.61 Å². The number of rotatable bonds is 7. The molecule has 3 aromatic rings. The van der Waals surface area contributed by atoms with Crippen molar-refractivity contribution in [2.24, 2.45) is 5.92 Å². The van der Waals surface area contributed by atoms with Crippen molar-refractivity contribution >= 4 is 39.4 Å². The van der Waals surface area contributed by atoms with E-state index >= 15 is 0 Å². The quantitative estimate of drug-likeness (QED) is 0.578. The van der Waals surface area contributed by atoms with Gasteiger partial charge in [0.2, 0.25) is 5.91 Å². The van der Waals surface area contributed by atoms with Crippen LogP contribution in [0.3, 0.4) is 0 Å². The number of H-pyrrole nitrogens is 1. The number of nitrogens with one attached hydrogen (secondary N) is 3. The van der Waals surface area contributed by atoms with Crippen molar-refractivity contribution in [3.63, 3.8) is 0 Å². The molecule has 8 heteroatoms. The van der Waals surface area contributed by atoms with Gasteiger partial charge in [0.1, 0.15) is 6.04 Å². The van der Waals surface area contributed by atoms with Crippen molar-refractivity contribution in [2.75, 3.05) is 11.9 Å². The van der Waals surface area contributed by atoms with Gasteiger partial charge in [-0.25, -0.2) is 9.78 Å². The van der Waals surface area contributed by atoms with Crippen LogP contribution in [0.1, 0.15) is 19.4 Å². The predicted octanol–water partition coefficient (Wildman–Crippen LogP) is 3.56. The van der Waals surface area contributed by atoms with Crippen molar-refractivity contribution in [2.45, 2.75) is 26.3 Å². The van der Waals surface area contributed by atoms with Crippen molar-refractivity contribution in [1.82, 2.24) is 15.3 Å². The molecule has 0 aliphatic rings. The minimum Gasteiger partial charge on any atom is -0.449 e. The molecule has 7 nitrogen and oxygen atoms in total. The number of alkyl carbamates (subject to hydrolysis) is 1. The third-order valence-corrected chi connectivity index (χ3v) is 4.61. The Morgan fingerprint density at radius 3 is 2.85 bits per heavy atom. The number of ether oxygens (including phenoxy) is 1. The molecule has 0 spiro atoms. The summed E-state index contributed by atoms with van der Waals surface area (Å²) in [6.07, 6.45) is 3.19. The summed E-state index contributed by atoms with van der Waals surface area (Å²) in [6.45, 7) is 4.19. The highest BCUT2D eigenvalue weighted by molar-refractivity contribution is 7.13. The molecule has 0 radical (unpaired) electrons. The minimum absolute atomic E-state index is 0.215. The van der Waals surface area contributed by atoms with Gasteiger partial charge in [-0.1, -0.05) is 32.0 Å². The monoisotopic (exact) mass is 386 g/mol. The fourth-order valence-corrected chi connectivity index (χ4v) is 3.17. The summed E-state index contributed by atoms with van der Waals surface area (Å²) in [6, 6.07) is 7.04. The van der Waals surface area contributed by atoms with Gasteiger partial charge < -0.3 is 20.4 Å². The lowest BCUT2D eigenvalue weighted by Crippen LogP contribution is -2.45. The van der Waals surface area contributed by atoms with Gasteiger partial charge in [-0.15, -0.1) is 11.3 Å². The lowest BCUT2D eigenvalue weighted by Gasteiger charge is -2.18. The van der Waals surface area contributed by atoms with E-state index in [0.29, 0.717) is 18.2 Å². The fraction of sp³-hybridized carbons (Fsp3) is 0.316. The summed E-state index contributed by atoms with van der Waals surface area (Å²) in [5.41, 5.74) is 1.92. The number of carbonyl (C=O) groups is 2. The molecule has 2 aromatic heterocycles. The van der Waals surface area contributed by atoms with Gasteiger partial charge in [-0.3, -0.25) is 4.79 Å². The number of nitrogens with zero attached hydrogens (tertiary/aromatic N) is 1. The van der Waals surface area contributed by atoms with Crippen LogP contribution in [-0.2, 0) is 16.0 Å². The van der Waals surface area contributed by atoms with E-state index < -0.39 is 12.1 Å². The number of para-hydroxylation sites is 1. The molecule has 0 saturated carbocycles. The van der Waals surface area contributed by atoms with Crippen molar-refractivity contribution in [3.05, 3.63) is 47.6 Å². The number of anilines is 1. The molecule has 27 heavy (non-hydrogen) atoms. The Morgan fingerprint density at radius 2 is 2.11 bits per heavy atom. The van der Waals surface area contributed by atoms with Crippen LogP contribution >= 0.6 is 11.3 Å². The van der Waals surface area contributed by atoms with Crippen molar-refractivity contribution < 1.29 is 14.3 Å². The first-order valence-electron chi connectivity index (χ1n) is 8.71. The average Bonchev–Trinajstić information content (AvgIpc) is 3.29. The van der Waals surface area contributed by atoms with E-state index in [4.69, 9.17) is 4.74 Å². The summed E-state index contributed by atoms with van der Waals surface area (Å²) in [4.78, 5) is 32.1. The van der Waals surface area contributed by atoms with Crippen LogP contribution < -0.4 is 10.6 Å². The summed E-state index contributed by atoms with van der Waals surface area (Å²) in [7, 11) is 0. The molecule has 0 saturated heterocycles. The standard InChI is InChI=1S/C19H22N4O3S/c1-12(2)11-26-19(25)22-16(17(24)23-18-20-7-8-27-18)9-13-10-21-15-6-4-3-5-14(13)15/h3-8,10,12,16,21H,9,11H2,1-2H3,(H,22,25)(H,20,23,24)/t16-/m1/s1. The zero-order valence-electron chi connectivity index (χ0n) is 15.2. The van der Waals surface area contributed by atoms with Gasteiger partial charge in [0.15, 0.2) is 5.13 Å². The second-order valence-electron chi connectivity index (χ2n) is 6.58. The first-order valence-corrected chi connectivity index (χ1v) is 9.59. The fourth-order valence-electron chi connectivity index (χ4n) is 2.63. The molecule has 0 fully saturated rings. The topological polar surface area (TPSA) is 96.1 Å². The Kier molecular flexibility index (Phi) is 6.08. The van der Waals surface area contributed by atoms with E-state index in [2.05, 4.69) is 20.6 Å². The highest BCUT2D eigenvalue weighted by Crippen LogP contribution is 2.20. The van der Waals surface area contributed by atoms with E-state index in [1.807, 2.05) is 44.3 Å². The molecule has 0 bridgehead atoms. The van der Waals surface area contributed by atoms with Crippen LogP contribution in [0.15, 0.2) is 42.0 Å². The van der Waals surface area contributed by atoms with Gasteiger partial charge in [0.25, 0.3) is 0 Å². The third-order valence-electron chi connectivity index (χ3n) is 3.92. The second kappa shape index (κ2) is 8.68. The molecular formula is C19H22N4O3S. The van der Waals surface area contributed by atoms with Gasteiger partial charge in [-0.05, 0) is 17.5 Å². The van der Waals surface area contributed by atoms with Crippen LogP contribution in [0, 0.1) is 5.92 Å². The van der Waals surface area contributed by atoms with E-state index in [0.717, 1.165) is 16.5 Å². The molecular weight excluding hydrogens is 364 g/mol. The molecule has 3 rings (SSSR count). The van der Waals surface area contributed by atoms with E-state index in [9.17, 15) is 9.59 Å². The largest absolute Gasteiger partial charge is 0.449 e. The molecule has 1 atom stereocenters. The highest BCUT2D eigenvalue weighted by Gasteiger charge is 2.24. The van der Waals surface area contributed by atoms with Crippen molar-refractivity contribution in [3.8, 4) is 0 Å². The molecule has 0 aliphatic carbocycles. The number of carbonyl (C=O) groups excluding carboxylic acids is 2. The number of fused-ring (bicyclic) bond motifs is 1. The number of hydrogen-bond donors (Lipinski definition) is 3. The normalized spacial score (nSPS) is 12.1. The Hall–Kier alpha value is -2.87. The molecule has 142 valence electrons. The molecule has 0 aliphatic heterocycles. The SMILES string of the molecule is CC(C)COC(=O)N[C@H](Cc1c[nH]c2ccccc12)C(=O)Nc1nccs1. The summed E-state index contributed by atoms with van der Waals surface area (Å²) < 4.78 is 5.18. The Morgan fingerprint density at radius 1 is 1.30 bits per heavy atom. The van der Waals surface area contributed by atoms with E-state index in [1.54, 1.807) is 11.6 Å². The zero-order valence-corrected chi connectivity index (χ0v) is 16.0. The van der Waals surface area contributed by atoms with E-state index in [-0.39, 0.29) is 11.8 Å². The first kappa shape index (κ1) is 18.9. The minimum atomic E-state index is -0.784. The number of aromatic amines is 1. The maximum absolute atomic E-state index is 12.7.